The number of hydrogen-bond donors (Lipinski definition) is 0. The van der Waals surface area contributed by atoms with Crippen LogP contribution in [0.15, 0.2) is 53.6 Å². The van der Waals surface area contributed by atoms with E-state index in [0.29, 0.717) is 23.0 Å². The van der Waals surface area contributed by atoms with Gasteiger partial charge >= 0.3 is 0 Å². The maximum absolute atomic E-state index is 13.6. The summed E-state index contributed by atoms with van der Waals surface area (Å²) in [6.45, 7) is 7.08. The zero-order valence-electron chi connectivity index (χ0n) is 19.0. The number of ether oxygens (including phenoxy) is 1. The molecular formula is C25H33N3O3S. The quantitative estimate of drug-likeness (QED) is 0.454. The normalized spacial score (nSPS) is 15.3. The van der Waals surface area contributed by atoms with Crippen LogP contribution >= 0.6 is 0 Å². The van der Waals surface area contributed by atoms with Crippen LogP contribution in [0.25, 0.3) is 10.9 Å². The van der Waals surface area contributed by atoms with E-state index >= 15 is 0 Å². The summed E-state index contributed by atoms with van der Waals surface area (Å²) in [4.78, 5) is 0.311. The van der Waals surface area contributed by atoms with Gasteiger partial charge in [-0.15, -0.1) is 0 Å². The van der Waals surface area contributed by atoms with Crippen molar-refractivity contribution in [3.8, 4) is 0 Å². The Balaban J connectivity index is 1.63. The van der Waals surface area contributed by atoms with Gasteiger partial charge in [-0.3, -0.25) is 8.99 Å². The largest absolute Gasteiger partial charge is 0.381 e. The molecule has 0 bridgehead atoms. The topological polar surface area (TPSA) is 64.4 Å². The van der Waals surface area contributed by atoms with Crippen molar-refractivity contribution in [3.05, 3.63) is 54.2 Å². The van der Waals surface area contributed by atoms with Gasteiger partial charge in [0.05, 0.1) is 22.3 Å². The van der Waals surface area contributed by atoms with Crippen LogP contribution < -0.4 is 4.31 Å². The summed E-state index contributed by atoms with van der Waals surface area (Å²) in [5.41, 5.74) is 2.88. The second-order valence-corrected chi connectivity index (χ2v) is 10.4. The zero-order valence-corrected chi connectivity index (χ0v) is 19.9. The molecule has 32 heavy (non-hydrogen) atoms. The number of rotatable bonds is 9. The minimum atomic E-state index is -3.68. The molecule has 0 unspecified atom stereocenters. The Labute approximate surface area is 191 Å². The van der Waals surface area contributed by atoms with Crippen molar-refractivity contribution in [1.29, 1.82) is 0 Å². The van der Waals surface area contributed by atoms with Gasteiger partial charge in [-0.2, -0.15) is 5.10 Å². The predicted molar refractivity (Wildman–Crippen MR) is 129 cm³/mol. The predicted octanol–water partition coefficient (Wildman–Crippen LogP) is 5.02. The Hall–Kier alpha value is -2.38. The zero-order chi connectivity index (χ0) is 22.6. The van der Waals surface area contributed by atoms with E-state index in [9.17, 15) is 8.42 Å². The van der Waals surface area contributed by atoms with Crippen molar-refractivity contribution in [3.63, 3.8) is 0 Å². The van der Waals surface area contributed by atoms with E-state index < -0.39 is 10.0 Å². The summed E-state index contributed by atoms with van der Waals surface area (Å²) >= 11 is 0. The van der Waals surface area contributed by atoms with E-state index in [2.05, 4.69) is 18.9 Å². The first-order chi connectivity index (χ1) is 15.5. The highest BCUT2D eigenvalue weighted by atomic mass is 32.2. The highest BCUT2D eigenvalue weighted by Crippen LogP contribution is 2.28. The molecule has 0 aliphatic carbocycles. The smallest absolute Gasteiger partial charge is 0.264 e. The van der Waals surface area contributed by atoms with Crippen LogP contribution in [0.1, 0.15) is 45.1 Å². The number of nitrogens with zero attached hydrogens (tertiary/aromatic N) is 3. The Morgan fingerprint density at radius 1 is 1.09 bits per heavy atom. The molecule has 0 saturated carbocycles. The van der Waals surface area contributed by atoms with Gasteiger partial charge in [0, 0.05) is 31.7 Å². The van der Waals surface area contributed by atoms with E-state index in [1.807, 2.05) is 35.0 Å². The number of aryl methyl sites for hydroxylation is 1. The molecule has 2 aromatic carbocycles. The molecule has 1 saturated heterocycles. The molecule has 0 atom stereocenters. The first kappa shape index (κ1) is 22.8. The number of hydrogen-bond acceptors (Lipinski definition) is 4. The SMILES string of the molecule is CCCCN(c1ccc(CC)cc1)S(=O)(=O)c1ccc2c(cnn2CC2CCOCC2)c1. The fourth-order valence-corrected chi connectivity index (χ4v) is 5.80. The van der Waals surface area contributed by atoms with Gasteiger partial charge < -0.3 is 4.74 Å². The van der Waals surface area contributed by atoms with E-state index in [0.717, 1.165) is 62.8 Å². The Kier molecular flexibility index (Phi) is 7.16. The third-order valence-corrected chi connectivity index (χ3v) is 8.14. The molecule has 3 aromatic rings. The van der Waals surface area contributed by atoms with Gasteiger partial charge in [-0.1, -0.05) is 32.4 Å². The molecule has 2 heterocycles. The third kappa shape index (κ3) is 4.84. The second-order valence-electron chi connectivity index (χ2n) is 8.55. The van der Waals surface area contributed by atoms with Crippen LogP contribution in [0.4, 0.5) is 5.69 Å². The average molecular weight is 456 g/mol. The van der Waals surface area contributed by atoms with Crippen molar-refractivity contribution in [2.45, 2.75) is 57.4 Å². The number of fused-ring (bicyclic) bond motifs is 1. The molecule has 1 aliphatic heterocycles. The van der Waals surface area contributed by atoms with Crippen LogP contribution in [0, 0.1) is 5.92 Å². The lowest BCUT2D eigenvalue weighted by Crippen LogP contribution is -2.32. The fraction of sp³-hybridized carbons (Fsp3) is 0.480. The van der Waals surface area contributed by atoms with E-state index in [1.165, 1.54) is 5.56 Å². The summed E-state index contributed by atoms with van der Waals surface area (Å²) in [6.07, 6.45) is 6.52. The lowest BCUT2D eigenvalue weighted by atomic mass is 10.0. The van der Waals surface area contributed by atoms with Crippen LogP contribution in [-0.4, -0.2) is 38.0 Å². The minimum Gasteiger partial charge on any atom is -0.381 e. The van der Waals surface area contributed by atoms with Crippen LogP contribution in [0.3, 0.4) is 0 Å². The molecule has 1 fully saturated rings. The van der Waals surface area contributed by atoms with Crippen molar-refractivity contribution < 1.29 is 13.2 Å². The van der Waals surface area contributed by atoms with Crippen molar-refractivity contribution in [2.24, 2.45) is 5.92 Å². The standard InChI is InChI=1S/C25H33N3O3S/c1-3-5-14-28(23-8-6-20(4-2)7-9-23)32(29,30)24-10-11-25-22(17-24)18-26-27(25)19-21-12-15-31-16-13-21/h6-11,17-18,21H,3-5,12-16,19H2,1-2H3. The van der Waals surface area contributed by atoms with Crippen LogP contribution in [-0.2, 0) is 27.7 Å². The van der Waals surface area contributed by atoms with Gasteiger partial charge in [0.1, 0.15) is 0 Å². The lowest BCUT2D eigenvalue weighted by molar-refractivity contribution is 0.0605. The van der Waals surface area contributed by atoms with Gasteiger partial charge in [-0.25, -0.2) is 8.42 Å². The van der Waals surface area contributed by atoms with E-state index in [1.54, 1.807) is 22.6 Å². The van der Waals surface area contributed by atoms with Gasteiger partial charge in [0.15, 0.2) is 0 Å². The minimum absolute atomic E-state index is 0.311. The van der Waals surface area contributed by atoms with Gasteiger partial charge in [-0.05, 0) is 67.5 Å². The summed E-state index contributed by atoms with van der Waals surface area (Å²) in [5, 5.41) is 5.41. The maximum Gasteiger partial charge on any atom is 0.264 e. The number of sulfonamides is 1. The summed E-state index contributed by atoms with van der Waals surface area (Å²) in [6, 6.07) is 13.2. The molecule has 6 nitrogen and oxygen atoms in total. The highest BCUT2D eigenvalue weighted by molar-refractivity contribution is 7.92. The monoisotopic (exact) mass is 455 g/mol. The van der Waals surface area contributed by atoms with Crippen molar-refractivity contribution in [1.82, 2.24) is 9.78 Å². The lowest BCUT2D eigenvalue weighted by Gasteiger charge is -2.25. The van der Waals surface area contributed by atoms with E-state index in [4.69, 9.17) is 4.74 Å². The molecule has 1 aromatic heterocycles. The van der Waals surface area contributed by atoms with Crippen LogP contribution in [0.5, 0.6) is 0 Å². The van der Waals surface area contributed by atoms with E-state index in [-0.39, 0.29) is 0 Å². The molecule has 0 radical (unpaired) electrons. The number of aromatic nitrogens is 2. The number of unbranched alkanes of at least 4 members (excludes halogenated alkanes) is 1. The van der Waals surface area contributed by atoms with Crippen molar-refractivity contribution in [2.75, 3.05) is 24.1 Å². The molecular weight excluding hydrogens is 422 g/mol. The fourth-order valence-electron chi connectivity index (χ4n) is 4.26. The Bertz CT molecular complexity index is 1130. The first-order valence-electron chi connectivity index (χ1n) is 11.7. The highest BCUT2D eigenvalue weighted by Gasteiger charge is 2.25. The second kappa shape index (κ2) is 10.0. The van der Waals surface area contributed by atoms with Gasteiger partial charge in [0.25, 0.3) is 10.0 Å². The van der Waals surface area contributed by atoms with Crippen LogP contribution in [0.2, 0.25) is 0 Å². The maximum atomic E-state index is 13.6. The van der Waals surface area contributed by atoms with Gasteiger partial charge in [0.2, 0.25) is 0 Å². The molecule has 1 aliphatic rings. The molecule has 0 N–H and O–H groups in total. The Morgan fingerprint density at radius 3 is 2.53 bits per heavy atom. The summed E-state index contributed by atoms with van der Waals surface area (Å²) in [5.74, 6) is 0.547. The Morgan fingerprint density at radius 2 is 1.84 bits per heavy atom. The summed E-state index contributed by atoms with van der Waals surface area (Å²) < 4.78 is 36.3. The molecule has 4 rings (SSSR count). The third-order valence-electron chi connectivity index (χ3n) is 6.32. The number of benzene rings is 2. The molecule has 0 amide bonds. The molecule has 0 spiro atoms. The summed E-state index contributed by atoms with van der Waals surface area (Å²) in [7, 11) is -3.68. The first-order valence-corrected chi connectivity index (χ1v) is 13.1. The molecule has 172 valence electrons. The van der Waals surface area contributed by atoms with Crippen molar-refractivity contribution >= 4 is 26.6 Å². The number of anilines is 1. The average Bonchev–Trinajstić information content (AvgIpc) is 3.22. The molecule has 7 heteroatoms.